The van der Waals surface area contributed by atoms with Crippen LogP contribution in [0.2, 0.25) is 5.02 Å². The van der Waals surface area contributed by atoms with Crippen molar-refractivity contribution in [1.29, 1.82) is 5.26 Å². The first-order valence-corrected chi connectivity index (χ1v) is 9.04. The van der Waals surface area contributed by atoms with E-state index < -0.39 is 23.4 Å². The molecule has 4 nitrogen and oxygen atoms in total. The van der Waals surface area contributed by atoms with E-state index in [2.05, 4.69) is 0 Å². The zero-order valence-corrected chi connectivity index (χ0v) is 15.6. The van der Waals surface area contributed by atoms with Crippen LogP contribution in [0, 0.1) is 23.0 Å². The van der Waals surface area contributed by atoms with Gasteiger partial charge in [-0.05, 0) is 31.2 Å². The van der Waals surface area contributed by atoms with E-state index in [1.54, 1.807) is 31.2 Å². The first kappa shape index (κ1) is 19.1. The molecule has 0 atom stereocenters. The van der Waals surface area contributed by atoms with Crippen LogP contribution in [0.3, 0.4) is 0 Å². The predicted molar refractivity (Wildman–Crippen MR) is 98.2 cm³/mol. The van der Waals surface area contributed by atoms with E-state index in [0.717, 1.165) is 16.8 Å². The maximum absolute atomic E-state index is 14.1. The van der Waals surface area contributed by atoms with Gasteiger partial charge in [0.2, 0.25) is 0 Å². The average molecular weight is 408 g/mol. The number of thiophene rings is 1. The molecule has 3 rings (SSSR count). The van der Waals surface area contributed by atoms with E-state index in [-0.39, 0.29) is 23.7 Å². The lowest BCUT2D eigenvalue weighted by atomic mass is 10.1. The van der Waals surface area contributed by atoms with Gasteiger partial charge in [0, 0.05) is 20.7 Å². The third kappa shape index (κ3) is 3.72. The molecule has 0 saturated carbocycles. The lowest BCUT2D eigenvalue weighted by Gasteiger charge is -2.10. The Labute approximate surface area is 162 Å². The Hall–Kier alpha value is -2.69. The van der Waals surface area contributed by atoms with Crippen LogP contribution < -0.4 is 4.74 Å². The molecule has 0 saturated heterocycles. The Kier molecular flexibility index (Phi) is 5.59. The zero-order valence-electron chi connectivity index (χ0n) is 14.0. The summed E-state index contributed by atoms with van der Waals surface area (Å²) < 4.78 is 39.2. The molecule has 3 aromatic rings. The van der Waals surface area contributed by atoms with Crippen LogP contribution in [-0.2, 0) is 11.3 Å². The van der Waals surface area contributed by atoms with Crippen LogP contribution in [0.5, 0.6) is 5.75 Å². The van der Waals surface area contributed by atoms with Crippen molar-refractivity contribution < 1.29 is 23.0 Å². The lowest BCUT2D eigenvalue weighted by molar-refractivity contribution is 0.0529. The summed E-state index contributed by atoms with van der Waals surface area (Å²) in [7, 11) is 0. The van der Waals surface area contributed by atoms with Gasteiger partial charge in [-0.2, -0.15) is 5.26 Å². The second kappa shape index (κ2) is 7.91. The fourth-order valence-corrected chi connectivity index (χ4v) is 4.05. The fourth-order valence-electron chi connectivity index (χ4n) is 2.57. The monoisotopic (exact) mass is 407 g/mol. The molecule has 8 heteroatoms. The highest BCUT2D eigenvalue weighted by Crippen LogP contribution is 2.37. The zero-order chi connectivity index (χ0) is 19.6. The van der Waals surface area contributed by atoms with Crippen LogP contribution in [0.4, 0.5) is 8.78 Å². The number of fused-ring (bicyclic) bond motifs is 1. The third-order valence-corrected chi connectivity index (χ3v) is 5.20. The van der Waals surface area contributed by atoms with Crippen molar-refractivity contribution in [3.8, 4) is 11.8 Å². The molecule has 0 radical (unpaired) electrons. The predicted octanol–water partition coefficient (Wildman–Crippen LogP) is 5.46. The van der Waals surface area contributed by atoms with Gasteiger partial charge in [0.15, 0.2) is 17.4 Å². The Morgan fingerprint density at radius 1 is 1.30 bits per heavy atom. The first-order chi connectivity index (χ1) is 13.0. The van der Waals surface area contributed by atoms with Gasteiger partial charge >= 0.3 is 5.97 Å². The van der Waals surface area contributed by atoms with Gasteiger partial charge in [0.05, 0.1) is 18.2 Å². The van der Waals surface area contributed by atoms with Crippen LogP contribution in [0.1, 0.15) is 27.7 Å². The molecule has 2 aromatic carbocycles. The van der Waals surface area contributed by atoms with E-state index in [4.69, 9.17) is 26.3 Å². The van der Waals surface area contributed by atoms with E-state index in [0.29, 0.717) is 16.0 Å². The van der Waals surface area contributed by atoms with Gasteiger partial charge < -0.3 is 9.47 Å². The molecule has 27 heavy (non-hydrogen) atoms. The second-order valence-electron chi connectivity index (χ2n) is 5.41. The number of carbonyl (C=O) groups excluding carboxylic acids is 1. The highest BCUT2D eigenvalue weighted by Gasteiger charge is 2.23. The van der Waals surface area contributed by atoms with Crippen LogP contribution >= 0.6 is 22.9 Å². The number of esters is 1. The van der Waals surface area contributed by atoms with E-state index in [1.807, 2.05) is 0 Å². The minimum absolute atomic E-state index is 0.159. The largest absolute Gasteiger partial charge is 0.483 e. The Morgan fingerprint density at radius 3 is 2.63 bits per heavy atom. The number of benzene rings is 2. The Bertz CT molecular complexity index is 1050. The van der Waals surface area contributed by atoms with Crippen molar-refractivity contribution >= 4 is 39.0 Å². The van der Waals surface area contributed by atoms with Gasteiger partial charge in [-0.1, -0.05) is 17.7 Å². The maximum Gasteiger partial charge on any atom is 0.348 e. The van der Waals surface area contributed by atoms with E-state index >= 15 is 0 Å². The maximum atomic E-state index is 14.1. The van der Waals surface area contributed by atoms with E-state index in [1.165, 1.54) is 11.3 Å². The van der Waals surface area contributed by atoms with Crippen molar-refractivity contribution in [1.82, 2.24) is 0 Å². The summed E-state index contributed by atoms with van der Waals surface area (Å²) in [5.74, 6) is -3.20. The van der Waals surface area contributed by atoms with Crippen LogP contribution in [0.15, 0.2) is 30.3 Å². The molecule has 0 aliphatic carbocycles. The highest BCUT2D eigenvalue weighted by atomic mass is 35.5. The van der Waals surface area contributed by atoms with Crippen molar-refractivity contribution in [2.75, 3.05) is 6.61 Å². The molecule has 1 heterocycles. The quantitative estimate of drug-likeness (QED) is 0.527. The number of hydrogen-bond donors (Lipinski definition) is 0. The Morgan fingerprint density at radius 2 is 2.00 bits per heavy atom. The van der Waals surface area contributed by atoms with Crippen molar-refractivity contribution in [3.63, 3.8) is 0 Å². The summed E-state index contributed by atoms with van der Waals surface area (Å²) in [5.41, 5.74) is 0.232. The standard InChI is InChI=1S/C19H12ClF2NO3S/c1-2-25-19(24)18-11(16-12(20)4-3-5-15(16)27-18)9-26-17-13(21)6-10(8-23)7-14(17)22/h3-7H,2,9H2,1H3. The number of carbonyl (C=O) groups is 1. The number of nitriles is 1. The topological polar surface area (TPSA) is 59.3 Å². The van der Waals surface area contributed by atoms with Gasteiger partial charge in [-0.15, -0.1) is 11.3 Å². The number of nitrogens with zero attached hydrogens (tertiary/aromatic N) is 1. The second-order valence-corrected chi connectivity index (χ2v) is 6.87. The minimum Gasteiger partial charge on any atom is -0.483 e. The van der Waals surface area contributed by atoms with E-state index in [9.17, 15) is 13.6 Å². The van der Waals surface area contributed by atoms with Crippen molar-refractivity contribution in [2.45, 2.75) is 13.5 Å². The summed E-state index contributed by atoms with van der Waals surface area (Å²) in [6, 6.07) is 8.59. The molecule has 0 aliphatic rings. The molecule has 1 aromatic heterocycles. The first-order valence-electron chi connectivity index (χ1n) is 7.85. The number of rotatable bonds is 5. The average Bonchev–Trinajstić information content (AvgIpc) is 3.01. The minimum atomic E-state index is -1.00. The normalized spacial score (nSPS) is 10.6. The van der Waals surface area contributed by atoms with Crippen molar-refractivity contribution in [2.24, 2.45) is 0 Å². The lowest BCUT2D eigenvalue weighted by Crippen LogP contribution is -2.08. The van der Waals surface area contributed by atoms with Gasteiger partial charge in [0.25, 0.3) is 0 Å². The highest BCUT2D eigenvalue weighted by molar-refractivity contribution is 7.21. The van der Waals surface area contributed by atoms with Crippen molar-refractivity contribution in [3.05, 3.63) is 63.0 Å². The molecule has 0 bridgehead atoms. The molecule has 0 aliphatic heterocycles. The summed E-state index contributed by atoms with van der Waals surface area (Å²) >= 11 is 7.42. The molecule has 0 N–H and O–H groups in total. The van der Waals surface area contributed by atoms with Gasteiger partial charge in [-0.25, -0.2) is 13.6 Å². The molecule has 0 unspecified atom stereocenters. The number of halogens is 3. The van der Waals surface area contributed by atoms with Gasteiger partial charge in [0.1, 0.15) is 11.5 Å². The number of hydrogen-bond acceptors (Lipinski definition) is 5. The van der Waals surface area contributed by atoms with Crippen LogP contribution in [-0.4, -0.2) is 12.6 Å². The summed E-state index contributed by atoms with van der Waals surface area (Å²) in [6.45, 7) is 1.56. The Balaban J connectivity index is 2.03. The molecular weight excluding hydrogens is 396 g/mol. The summed E-state index contributed by atoms with van der Waals surface area (Å²) in [6.07, 6.45) is 0. The fraction of sp³-hybridized carbons (Fsp3) is 0.158. The SMILES string of the molecule is CCOC(=O)c1sc2cccc(Cl)c2c1COc1c(F)cc(C#N)cc1F. The smallest absolute Gasteiger partial charge is 0.348 e. The number of ether oxygens (including phenoxy) is 2. The molecule has 0 spiro atoms. The summed E-state index contributed by atoms with van der Waals surface area (Å²) in [4.78, 5) is 12.5. The summed E-state index contributed by atoms with van der Waals surface area (Å²) in [5, 5.41) is 9.72. The van der Waals surface area contributed by atoms with Gasteiger partial charge in [-0.3, -0.25) is 0 Å². The molecular formula is C19H12ClF2NO3S. The molecule has 0 amide bonds. The third-order valence-electron chi connectivity index (χ3n) is 3.71. The molecule has 0 fully saturated rings. The van der Waals surface area contributed by atoms with Crippen LogP contribution in [0.25, 0.3) is 10.1 Å². The molecule has 138 valence electrons.